The highest BCUT2D eigenvalue weighted by Crippen LogP contribution is 2.13. The molecule has 0 radical (unpaired) electrons. The molecule has 0 aliphatic carbocycles. The van der Waals surface area contributed by atoms with Crippen LogP contribution in [0.3, 0.4) is 0 Å². The summed E-state index contributed by atoms with van der Waals surface area (Å²) in [5.41, 5.74) is 7.00. The van der Waals surface area contributed by atoms with Gasteiger partial charge < -0.3 is 15.4 Å². The van der Waals surface area contributed by atoms with E-state index in [1.807, 2.05) is 49.4 Å². The van der Waals surface area contributed by atoms with Gasteiger partial charge in [0.25, 0.3) is 5.91 Å². The highest BCUT2D eigenvalue weighted by atomic mass is 16.5. The zero-order valence-corrected chi connectivity index (χ0v) is 14.2. The lowest BCUT2D eigenvalue weighted by atomic mass is 10.2. The fourth-order valence-electron chi connectivity index (χ4n) is 2.25. The number of carbonyl (C=O) groups is 2. The molecule has 0 saturated heterocycles. The number of ether oxygens (including phenoxy) is 1. The highest BCUT2D eigenvalue weighted by molar-refractivity contribution is 5.91. The van der Waals surface area contributed by atoms with Crippen LogP contribution in [0.5, 0.6) is 5.75 Å². The van der Waals surface area contributed by atoms with Crippen molar-refractivity contribution in [2.75, 3.05) is 13.2 Å². The van der Waals surface area contributed by atoms with Crippen LogP contribution >= 0.6 is 0 Å². The fourth-order valence-corrected chi connectivity index (χ4v) is 2.25. The summed E-state index contributed by atoms with van der Waals surface area (Å²) in [6.07, 6.45) is 3.32. The number of benzene rings is 2. The van der Waals surface area contributed by atoms with Crippen LogP contribution in [0.15, 0.2) is 60.7 Å². The molecule has 0 aliphatic rings. The average Bonchev–Trinajstić information content (AvgIpc) is 2.64. The van der Waals surface area contributed by atoms with Crippen molar-refractivity contribution in [3.63, 3.8) is 0 Å². The highest BCUT2D eigenvalue weighted by Gasteiger charge is 2.08. The van der Waals surface area contributed by atoms with E-state index in [0.29, 0.717) is 18.8 Å². The molecule has 5 heteroatoms. The number of amides is 2. The first-order valence-electron chi connectivity index (χ1n) is 8.10. The summed E-state index contributed by atoms with van der Waals surface area (Å²) in [4.78, 5) is 24.8. The number of likely N-dealkylation sites (N-methyl/N-ethyl adjacent to an activating group) is 1. The van der Waals surface area contributed by atoms with E-state index < -0.39 is 5.91 Å². The maximum absolute atomic E-state index is 12.4. The standard InChI is InChI=1S/C20H22N2O3/c1-2-22(14-17-6-4-3-5-7-17)20(24)13-10-16-8-11-18(12-9-16)25-15-19(21)23/h3-13H,2,14-15H2,1H3,(H2,21,23)/b13-10+. The predicted molar refractivity (Wildman–Crippen MR) is 97.7 cm³/mol. The first-order chi connectivity index (χ1) is 12.1. The average molecular weight is 338 g/mol. The van der Waals surface area contributed by atoms with Gasteiger partial charge in [0.1, 0.15) is 5.75 Å². The molecule has 0 bridgehead atoms. The normalized spacial score (nSPS) is 10.6. The van der Waals surface area contributed by atoms with Crippen LogP contribution in [0.25, 0.3) is 6.08 Å². The van der Waals surface area contributed by atoms with E-state index in [-0.39, 0.29) is 12.5 Å². The number of hydrogen-bond donors (Lipinski definition) is 1. The minimum Gasteiger partial charge on any atom is -0.484 e. The summed E-state index contributed by atoms with van der Waals surface area (Å²) < 4.78 is 5.20. The van der Waals surface area contributed by atoms with Gasteiger partial charge in [0.05, 0.1) is 0 Å². The van der Waals surface area contributed by atoms with Crippen molar-refractivity contribution in [3.05, 3.63) is 71.8 Å². The van der Waals surface area contributed by atoms with Crippen LogP contribution in [-0.4, -0.2) is 29.9 Å². The molecule has 0 unspecified atom stereocenters. The largest absolute Gasteiger partial charge is 0.484 e. The second-order valence-corrected chi connectivity index (χ2v) is 5.50. The van der Waals surface area contributed by atoms with Crippen LogP contribution < -0.4 is 10.5 Å². The van der Waals surface area contributed by atoms with Crippen molar-refractivity contribution in [1.82, 2.24) is 4.90 Å². The summed E-state index contributed by atoms with van der Waals surface area (Å²) in [5.74, 6) is -0.00501. The van der Waals surface area contributed by atoms with E-state index in [0.717, 1.165) is 11.1 Å². The Morgan fingerprint density at radius 3 is 2.36 bits per heavy atom. The SMILES string of the molecule is CCN(Cc1ccccc1)C(=O)/C=C/c1ccc(OCC(N)=O)cc1. The van der Waals surface area contributed by atoms with Crippen molar-refractivity contribution in [3.8, 4) is 5.75 Å². The first-order valence-corrected chi connectivity index (χ1v) is 8.10. The summed E-state index contributed by atoms with van der Waals surface area (Å²) >= 11 is 0. The van der Waals surface area contributed by atoms with E-state index >= 15 is 0 Å². The van der Waals surface area contributed by atoms with Crippen LogP contribution in [0.4, 0.5) is 0 Å². The van der Waals surface area contributed by atoms with Gasteiger partial charge in [0.2, 0.25) is 5.91 Å². The van der Waals surface area contributed by atoms with Crippen LogP contribution in [0, 0.1) is 0 Å². The minimum atomic E-state index is -0.521. The lowest BCUT2D eigenvalue weighted by Gasteiger charge is -2.19. The molecule has 2 aromatic carbocycles. The topological polar surface area (TPSA) is 72.6 Å². The molecule has 2 amide bonds. The van der Waals surface area contributed by atoms with Gasteiger partial charge in [-0.3, -0.25) is 9.59 Å². The van der Waals surface area contributed by atoms with E-state index in [9.17, 15) is 9.59 Å². The Morgan fingerprint density at radius 2 is 1.76 bits per heavy atom. The monoisotopic (exact) mass is 338 g/mol. The second kappa shape index (κ2) is 9.27. The Kier molecular flexibility index (Phi) is 6.77. The van der Waals surface area contributed by atoms with Crippen molar-refractivity contribution in [2.45, 2.75) is 13.5 Å². The fraction of sp³-hybridized carbons (Fsp3) is 0.200. The molecule has 0 aliphatic heterocycles. The number of rotatable bonds is 8. The van der Waals surface area contributed by atoms with E-state index in [2.05, 4.69) is 0 Å². The van der Waals surface area contributed by atoms with Gasteiger partial charge in [-0.25, -0.2) is 0 Å². The maximum Gasteiger partial charge on any atom is 0.255 e. The number of primary amides is 1. The third kappa shape index (κ3) is 6.14. The third-order valence-corrected chi connectivity index (χ3v) is 3.59. The van der Waals surface area contributed by atoms with Crippen molar-refractivity contribution < 1.29 is 14.3 Å². The Balaban J connectivity index is 1.94. The van der Waals surface area contributed by atoms with Crippen molar-refractivity contribution >= 4 is 17.9 Å². The second-order valence-electron chi connectivity index (χ2n) is 5.50. The van der Waals surface area contributed by atoms with Gasteiger partial charge in [-0.15, -0.1) is 0 Å². The van der Waals surface area contributed by atoms with Crippen LogP contribution in [0.1, 0.15) is 18.1 Å². The van der Waals surface area contributed by atoms with Gasteiger partial charge >= 0.3 is 0 Å². The first kappa shape index (κ1) is 18.3. The molecule has 25 heavy (non-hydrogen) atoms. The van der Waals surface area contributed by atoms with Gasteiger partial charge in [-0.1, -0.05) is 42.5 Å². The number of carbonyl (C=O) groups excluding carboxylic acids is 2. The smallest absolute Gasteiger partial charge is 0.255 e. The molecule has 0 heterocycles. The number of nitrogens with zero attached hydrogens (tertiary/aromatic N) is 1. The molecule has 130 valence electrons. The molecule has 5 nitrogen and oxygen atoms in total. The van der Waals surface area contributed by atoms with Gasteiger partial charge in [0.15, 0.2) is 6.61 Å². The minimum absolute atomic E-state index is 0.0413. The van der Waals surface area contributed by atoms with E-state index in [4.69, 9.17) is 10.5 Å². The molecule has 2 aromatic rings. The van der Waals surface area contributed by atoms with Gasteiger partial charge in [-0.2, -0.15) is 0 Å². The molecule has 0 atom stereocenters. The molecule has 2 rings (SSSR count). The van der Waals surface area contributed by atoms with Gasteiger partial charge in [0, 0.05) is 19.2 Å². The summed E-state index contributed by atoms with van der Waals surface area (Å²) in [6, 6.07) is 17.0. The van der Waals surface area contributed by atoms with Crippen LogP contribution in [-0.2, 0) is 16.1 Å². The zero-order valence-electron chi connectivity index (χ0n) is 14.2. The lowest BCUT2D eigenvalue weighted by Crippen LogP contribution is -2.28. The van der Waals surface area contributed by atoms with E-state index in [1.54, 1.807) is 29.2 Å². The Labute approximate surface area is 147 Å². The third-order valence-electron chi connectivity index (χ3n) is 3.59. The summed E-state index contributed by atoms with van der Waals surface area (Å²) in [6.45, 7) is 3.02. The maximum atomic E-state index is 12.4. The van der Waals surface area contributed by atoms with Crippen LogP contribution in [0.2, 0.25) is 0 Å². The molecule has 0 saturated carbocycles. The van der Waals surface area contributed by atoms with Gasteiger partial charge in [-0.05, 0) is 36.3 Å². The van der Waals surface area contributed by atoms with Crippen molar-refractivity contribution in [1.29, 1.82) is 0 Å². The lowest BCUT2D eigenvalue weighted by molar-refractivity contribution is -0.126. The molecule has 2 N–H and O–H groups in total. The summed E-state index contributed by atoms with van der Waals surface area (Å²) in [7, 11) is 0. The quantitative estimate of drug-likeness (QED) is 0.752. The van der Waals surface area contributed by atoms with E-state index in [1.165, 1.54) is 0 Å². The predicted octanol–water partition coefficient (Wildman–Crippen LogP) is 2.61. The number of hydrogen-bond acceptors (Lipinski definition) is 3. The Hall–Kier alpha value is -3.08. The number of nitrogens with two attached hydrogens (primary N) is 1. The molecule has 0 fully saturated rings. The molecular formula is C20H22N2O3. The zero-order chi connectivity index (χ0) is 18.1. The molecule has 0 spiro atoms. The summed E-state index contributed by atoms with van der Waals surface area (Å²) in [5, 5.41) is 0. The molecular weight excluding hydrogens is 316 g/mol. The van der Waals surface area contributed by atoms with Crippen molar-refractivity contribution in [2.24, 2.45) is 5.73 Å². The molecule has 0 aromatic heterocycles. The Bertz CT molecular complexity index is 724. The Morgan fingerprint density at radius 1 is 1.08 bits per heavy atom.